The van der Waals surface area contributed by atoms with Gasteiger partial charge in [0.2, 0.25) is 0 Å². The predicted molar refractivity (Wildman–Crippen MR) is 70.3 cm³/mol. The Morgan fingerprint density at radius 2 is 2.06 bits per heavy atom. The maximum atomic E-state index is 11.8. The molecule has 0 bridgehead atoms. The Morgan fingerprint density at radius 3 is 2.88 bits per heavy atom. The van der Waals surface area contributed by atoms with Crippen LogP contribution in [0.2, 0.25) is 5.02 Å². The molecule has 0 fully saturated rings. The van der Waals surface area contributed by atoms with Crippen LogP contribution in [0.15, 0.2) is 47.6 Å². The number of ketones is 1. The zero-order valence-electron chi connectivity index (χ0n) is 8.78. The first kappa shape index (κ1) is 10.8. The Hall–Kier alpha value is -1.31. The summed E-state index contributed by atoms with van der Waals surface area (Å²) >= 11 is 12.5. The van der Waals surface area contributed by atoms with E-state index in [0.717, 1.165) is 16.7 Å². The summed E-state index contributed by atoms with van der Waals surface area (Å²) in [7, 11) is 0. The van der Waals surface area contributed by atoms with Gasteiger partial charge in [0.15, 0.2) is 5.78 Å². The van der Waals surface area contributed by atoms with Crippen molar-refractivity contribution in [2.45, 2.75) is 5.38 Å². The van der Waals surface area contributed by atoms with E-state index in [4.69, 9.17) is 23.2 Å². The fraction of sp³-hybridized carbons (Fsp3) is 0.0714. The Labute approximate surface area is 109 Å². The highest BCUT2D eigenvalue weighted by Crippen LogP contribution is 2.44. The van der Waals surface area contributed by atoms with Gasteiger partial charge in [-0.05, 0) is 34.9 Å². The van der Waals surface area contributed by atoms with Gasteiger partial charge in [-0.3, -0.25) is 4.79 Å². The minimum Gasteiger partial charge on any atom is -0.289 e. The summed E-state index contributed by atoms with van der Waals surface area (Å²) in [5.74, 6) is -0.0151. The van der Waals surface area contributed by atoms with E-state index >= 15 is 0 Å². The lowest BCUT2D eigenvalue weighted by Crippen LogP contribution is -2.14. The van der Waals surface area contributed by atoms with Crippen molar-refractivity contribution in [1.82, 2.24) is 0 Å². The van der Waals surface area contributed by atoms with Crippen molar-refractivity contribution in [3.05, 3.63) is 63.7 Å². The Morgan fingerprint density at radius 1 is 1.24 bits per heavy atom. The van der Waals surface area contributed by atoms with Crippen LogP contribution < -0.4 is 0 Å². The molecule has 0 spiro atoms. The molecular formula is C14H8Cl2O. The highest BCUT2D eigenvalue weighted by atomic mass is 35.5. The fourth-order valence-corrected chi connectivity index (χ4v) is 2.79. The number of fused-ring (bicyclic) bond motifs is 2. The molecule has 0 saturated carbocycles. The van der Waals surface area contributed by atoms with Crippen LogP contribution >= 0.6 is 23.2 Å². The zero-order valence-corrected chi connectivity index (χ0v) is 10.3. The van der Waals surface area contributed by atoms with Gasteiger partial charge < -0.3 is 0 Å². The van der Waals surface area contributed by atoms with Gasteiger partial charge in [0, 0.05) is 10.6 Å². The van der Waals surface area contributed by atoms with Crippen molar-refractivity contribution >= 4 is 35.1 Å². The van der Waals surface area contributed by atoms with Gasteiger partial charge in [-0.2, -0.15) is 0 Å². The van der Waals surface area contributed by atoms with Gasteiger partial charge in [0.25, 0.3) is 0 Å². The van der Waals surface area contributed by atoms with Crippen LogP contribution in [-0.2, 0) is 4.79 Å². The molecule has 3 heteroatoms. The average Bonchev–Trinajstić information content (AvgIpc) is 2.32. The minimum atomic E-state index is -0.308. The van der Waals surface area contributed by atoms with Gasteiger partial charge in [0.05, 0.1) is 5.38 Å². The monoisotopic (exact) mass is 262 g/mol. The van der Waals surface area contributed by atoms with Crippen molar-refractivity contribution in [3.8, 4) is 0 Å². The summed E-state index contributed by atoms with van der Waals surface area (Å²) in [5, 5.41) is 0.319. The van der Waals surface area contributed by atoms with Gasteiger partial charge in [-0.15, -0.1) is 11.6 Å². The highest BCUT2D eigenvalue weighted by molar-refractivity contribution is 6.33. The summed E-state index contributed by atoms with van der Waals surface area (Å²) in [6.45, 7) is 0. The second kappa shape index (κ2) is 3.86. The van der Waals surface area contributed by atoms with E-state index < -0.39 is 0 Å². The first-order valence-corrected chi connectivity index (χ1v) is 6.07. The van der Waals surface area contributed by atoms with E-state index in [0.29, 0.717) is 10.6 Å². The number of hydrogen-bond donors (Lipinski definition) is 0. The smallest absolute Gasteiger partial charge is 0.186 e. The molecule has 2 aliphatic carbocycles. The summed E-state index contributed by atoms with van der Waals surface area (Å²) in [5.41, 5.74) is 3.31. The van der Waals surface area contributed by atoms with E-state index in [1.54, 1.807) is 18.2 Å². The van der Waals surface area contributed by atoms with Crippen molar-refractivity contribution in [1.29, 1.82) is 0 Å². The SMILES string of the molecule is O=C1C=CC=C2C1=Cc1c(Cl)cccc1C2Cl. The lowest BCUT2D eigenvalue weighted by atomic mass is 9.83. The molecule has 2 aliphatic rings. The number of carbonyl (C=O) groups is 1. The molecular weight excluding hydrogens is 255 g/mol. The Balaban J connectivity index is 2.29. The zero-order chi connectivity index (χ0) is 12.0. The topological polar surface area (TPSA) is 17.1 Å². The summed E-state index contributed by atoms with van der Waals surface area (Å²) in [6.07, 6.45) is 6.99. The molecule has 0 saturated heterocycles. The van der Waals surface area contributed by atoms with Crippen LogP contribution in [0, 0.1) is 0 Å². The summed E-state index contributed by atoms with van der Waals surface area (Å²) in [6, 6.07) is 5.62. The van der Waals surface area contributed by atoms with Crippen molar-refractivity contribution in [2.75, 3.05) is 0 Å². The fourth-order valence-electron chi connectivity index (χ4n) is 2.18. The van der Waals surface area contributed by atoms with E-state index in [1.165, 1.54) is 0 Å². The summed E-state index contributed by atoms with van der Waals surface area (Å²) < 4.78 is 0. The molecule has 84 valence electrons. The van der Waals surface area contributed by atoms with Crippen LogP contribution in [0.4, 0.5) is 0 Å². The molecule has 0 aliphatic heterocycles. The van der Waals surface area contributed by atoms with Gasteiger partial charge >= 0.3 is 0 Å². The number of allylic oxidation sites excluding steroid dienone is 5. The third-order valence-electron chi connectivity index (χ3n) is 3.02. The summed E-state index contributed by atoms with van der Waals surface area (Å²) in [4.78, 5) is 11.8. The first-order valence-electron chi connectivity index (χ1n) is 5.25. The quantitative estimate of drug-likeness (QED) is 0.644. The van der Waals surface area contributed by atoms with Crippen LogP contribution in [0.3, 0.4) is 0 Å². The van der Waals surface area contributed by atoms with Crippen LogP contribution in [0.1, 0.15) is 16.5 Å². The molecule has 1 aromatic carbocycles. The van der Waals surface area contributed by atoms with E-state index in [9.17, 15) is 4.79 Å². The normalized spacial score (nSPS) is 21.5. The molecule has 0 heterocycles. The molecule has 17 heavy (non-hydrogen) atoms. The lowest BCUT2D eigenvalue weighted by molar-refractivity contribution is -0.111. The third kappa shape index (κ3) is 1.58. The molecule has 1 aromatic rings. The average molecular weight is 263 g/mol. The van der Waals surface area contributed by atoms with Crippen molar-refractivity contribution in [2.24, 2.45) is 0 Å². The third-order valence-corrected chi connectivity index (χ3v) is 3.82. The predicted octanol–water partition coefficient (Wildman–Crippen LogP) is 4.08. The van der Waals surface area contributed by atoms with Gasteiger partial charge in [-0.1, -0.05) is 35.9 Å². The maximum absolute atomic E-state index is 11.8. The van der Waals surface area contributed by atoms with Crippen molar-refractivity contribution in [3.63, 3.8) is 0 Å². The maximum Gasteiger partial charge on any atom is 0.186 e. The van der Waals surface area contributed by atoms with Gasteiger partial charge in [-0.25, -0.2) is 0 Å². The Bertz CT molecular complexity index is 609. The van der Waals surface area contributed by atoms with E-state index in [2.05, 4.69) is 0 Å². The van der Waals surface area contributed by atoms with E-state index in [1.807, 2.05) is 24.3 Å². The molecule has 0 aromatic heterocycles. The largest absolute Gasteiger partial charge is 0.289 e. The lowest BCUT2D eigenvalue weighted by Gasteiger charge is -2.25. The molecule has 1 unspecified atom stereocenters. The van der Waals surface area contributed by atoms with Gasteiger partial charge in [0.1, 0.15) is 0 Å². The number of carbonyl (C=O) groups excluding carboxylic acids is 1. The number of rotatable bonds is 0. The molecule has 0 N–H and O–H groups in total. The standard InChI is InChI=1S/C14H8Cl2O/c15-12-5-1-3-8-10(12)7-11-9(14(8)16)4-2-6-13(11)17/h1-7,14H. The molecule has 0 amide bonds. The second-order valence-corrected chi connectivity index (χ2v) is 4.85. The highest BCUT2D eigenvalue weighted by Gasteiger charge is 2.29. The van der Waals surface area contributed by atoms with E-state index in [-0.39, 0.29) is 11.2 Å². The minimum absolute atomic E-state index is 0.0151. The molecule has 3 rings (SSSR count). The molecule has 1 atom stereocenters. The van der Waals surface area contributed by atoms with Crippen LogP contribution in [0.25, 0.3) is 6.08 Å². The molecule has 1 nitrogen and oxygen atoms in total. The van der Waals surface area contributed by atoms with Crippen molar-refractivity contribution < 1.29 is 4.79 Å². The number of benzene rings is 1. The molecule has 0 radical (unpaired) electrons. The number of alkyl halides is 1. The van der Waals surface area contributed by atoms with Crippen LogP contribution in [0.5, 0.6) is 0 Å². The first-order chi connectivity index (χ1) is 8.18. The number of halogens is 2. The Kier molecular flexibility index (Phi) is 2.46. The van der Waals surface area contributed by atoms with Crippen LogP contribution in [-0.4, -0.2) is 5.78 Å². The second-order valence-electron chi connectivity index (χ2n) is 4.01. The number of hydrogen-bond acceptors (Lipinski definition) is 1.